The molecule has 13 heteroatoms. The van der Waals surface area contributed by atoms with Gasteiger partial charge in [-0.3, -0.25) is 0 Å². The topological polar surface area (TPSA) is 58.1 Å². The maximum absolute atomic E-state index is 14.0. The first kappa shape index (κ1) is 32.2. The molecule has 0 radical (unpaired) electrons. The van der Waals surface area contributed by atoms with Crippen molar-refractivity contribution in [1.82, 2.24) is 28.0 Å². The molecule has 0 bridgehead atoms. The van der Waals surface area contributed by atoms with Gasteiger partial charge in [0.15, 0.2) is 0 Å². The number of hydrogen-bond donors (Lipinski definition) is 1. The molecule has 6 aliphatic heterocycles. The highest BCUT2D eigenvalue weighted by atomic mass is 31.3. The van der Waals surface area contributed by atoms with Crippen molar-refractivity contribution in [2.24, 2.45) is 9.03 Å². The third-order valence-electron chi connectivity index (χ3n) is 10.7. The van der Waals surface area contributed by atoms with Gasteiger partial charge in [0, 0.05) is 72.0 Å². The SMILES string of the molecule is CN1CCCN(Cc2ccc(F)cc2)P12=[NH+]P(N1CCCCC1)(N1CCCCC1)=NP(N1CCCCC1)(N1CCCCC1)=N2. The lowest BCUT2D eigenvalue weighted by atomic mass is 10.2. The van der Waals surface area contributed by atoms with Crippen LogP contribution in [0.2, 0.25) is 0 Å². The molecule has 0 aromatic heterocycles. The van der Waals surface area contributed by atoms with Crippen LogP contribution in [0.5, 0.6) is 0 Å². The van der Waals surface area contributed by atoms with Gasteiger partial charge < -0.3 is 0 Å². The number of hydrogen-bond acceptors (Lipinski definition) is 8. The Morgan fingerprint density at radius 2 is 1.07 bits per heavy atom. The normalized spacial score (nSPS) is 31.7. The molecular weight excluding hydrogens is 610 g/mol. The van der Waals surface area contributed by atoms with Crippen LogP contribution >= 0.6 is 22.5 Å². The van der Waals surface area contributed by atoms with Gasteiger partial charge >= 0.3 is 15.0 Å². The fourth-order valence-corrected chi connectivity index (χ4v) is 25.4. The van der Waals surface area contributed by atoms with Crippen LogP contribution in [-0.4, -0.2) is 101 Å². The van der Waals surface area contributed by atoms with Gasteiger partial charge in [-0.25, -0.2) is 27.7 Å². The van der Waals surface area contributed by atoms with E-state index in [0.717, 1.165) is 78.4 Å². The summed E-state index contributed by atoms with van der Waals surface area (Å²) in [5, 5.41) is 0. The highest BCUT2D eigenvalue weighted by Gasteiger charge is 2.57. The number of benzene rings is 1. The quantitative estimate of drug-likeness (QED) is 0.336. The molecular formula is C31H56FN9P3+. The van der Waals surface area contributed by atoms with E-state index < -0.39 is 22.5 Å². The molecule has 1 atom stereocenters. The van der Waals surface area contributed by atoms with Crippen molar-refractivity contribution in [3.05, 3.63) is 35.6 Å². The molecule has 0 aliphatic carbocycles. The fourth-order valence-electron chi connectivity index (χ4n) is 8.22. The third-order valence-corrected chi connectivity index (χ3v) is 23.7. The second-order valence-electron chi connectivity index (χ2n) is 13.8. The van der Waals surface area contributed by atoms with Gasteiger partial charge in [-0.05, 0) is 82.5 Å². The predicted molar refractivity (Wildman–Crippen MR) is 182 cm³/mol. The second kappa shape index (κ2) is 14.0. The zero-order valence-corrected chi connectivity index (χ0v) is 29.8. The molecule has 1 N–H and O–H groups in total. The Labute approximate surface area is 266 Å². The summed E-state index contributed by atoms with van der Waals surface area (Å²) >= 11 is 0. The van der Waals surface area contributed by atoms with Gasteiger partial charge in [-0.15, -0.1) is 9.03 Å². The summed E-state index contributed by atoms with van der Waals surface area (Å²) in [5.41, 5.74) is 1.18. The van der Waals surface area contributed by atoms with Crippen molar-refractivity contribution in [2.75, 3.05) is 72.5 Å². The smallest absolute Gasteiger partial charge is 0.239 e. The Kier molecular flexibility index (Phi) is 10.2. The van der Waals surface area contributed by atoms with Gasteiger partial charge in [-0.2, -0.15) is 9.19 Å². The number of nitrogens with zero attached hydrogens (tertiary/aromatic N) is 8. The lowest BCUT2D eigenvalue weighted by molar-refractivity contribution is -0.276. The molecule has 1 unspecified atom stereocenters. The van der Waals surface area contributed by atoms with Crippen molar-refractivity contribution < 1.29 is 8.91 Å². The maximum atomic E-state index is 14.0. The minimum atomic E-state index is -2.39. The summed E-state index contributed by atoms with van der Waals surface area (Å²) in [4.78, 5) is 0. The molecule has 7 rings (SSSR count). The van der Waals surface area contributed by atoms with Crippen molar-refractivity contribution in [2.45, 2.75) is 90.0 Å². The molecule has 5 fully saturated rings. The van der Waals surface area contributed by atoms with Crippen molar-refractivity contribution in [3.8, 4) is 0 Å². The number of halogens is 1. The van der Waals surface area contributed by atoms with Gasteiger partial charge in [0.25, 0.3) is 0 Å². The minimum absolute atomic E-state index is 0.159. The molecule has 1 spiro atoms. The summed E-state index contributed by atoms with van der Waals surface area (Å²) in [6.45, 7) is 11.9. The summed E-state index contributed by atoms with van der Waals surface area (Å²) in [5.74, 6) is -0.159. The van der Waals surface area contributed by atoms with Crippen molar-refractivity contribution in [1.29, 1.82) is 0 Å². The Morgan fingerprint density at radius 3 is 1.57 bits per heavy atom. The van der Waals surface area contributed by atoms with Crippen LogP contribution in [0.3, 0.4) is 0 Å². The largest absolute Gasteiger partial charge is 0.361 e. The van der Waals surface area contributed by atoms with Gasteiger partial charge in [-0.1, -0.05) is 37.8 Å². The lowest BCUT2D eigenvalue weighted by Gasteiger charge is -2.51. The molecule has 9 nitrogen and oxygen atoms in total. The average molecular weight is 667 g/mol. The first-order chi connectivity index (χ1) is 21.5. The molecule has 0 amide bonds. The van der Waals surface area contributed by atoms with E-state index in [1.807, 2.05) is 12.1 Å². The van der Waals surface area contributed by atoms with Crippen LogP contribution in [0.4, 0.5) is 4.39 Å². The first-order valence-electron chi connectivity index (χ1n) is 17.7. The van der Waals surface area contributed by atoms with E-state index in [4.69, 9.17) is 9.03 Å². The number of nitrogens with one attached hydrogen (secondary N) is 1. The number of rotatable bonds is 6. The van der Waals surface area contributed by atoms with Crippen LogP contribution in [0.25, 0.3) is 0 Å². The number of piperidine rings is 4. The summed E-state index contributed by atoms with van der Waals surface area (Å²) in [7, 11) is -4.72. The molecule has 1 aromatic carbocycles. The van der Waals surface area contributed by atoms with Crippen molar-refractivity contribution in [3.63, 3.8) is 0 Å². The fraction of sp³-hybridized carbons (Fsp3) is 0.806. The standard InChI is InChI=1S/C31H55FN9P3/c1-36-19-14-28-41(29-30-15-17-31(32)18-16-30)42(36)33-43(37-20-6-2-7-21-37,38-22-8-3-9-23-38)35-44(34-42,39-24-10-4-11-25-39)40-26-12-5-13-27-40/h15-18H,2-14,19-29H2,1H3/p+1. The minimum Gasteiger partial charge on any atom is -0.239 e. The molecule has 44 heavy (non-hydrogen) atoms. The van der Waals surface area contributed by atoms with E-state index in [1.165, 1.54) is 82.6 Å². The van der Waals surface area contributed by atoms with E-state index in [1.54, 1.807) is 12.1 Å². The highest BCUT2D eigenvalue weighted by molar-refractivity contribution is 7.78. The van der Waals surface area contributed by atoms with E-state index in [0.29, 0.717) is 0 Å². The Hall–Kier alpha value is -0.400. The Bertz CT molecular complexity index is 1210. The second-order valence-corrected chi connectivity index (χ2v) is 22.8. The average Bonchev–Trinajstić information content (AvgIpc) is 3.09. The summed E-state index contributed by atoms with van der Waals surface area (Å²) in [6.07, 6.45) is 16.5. The van der Waals surface area contributed by atoms with E-state index in [-0.39, 0.29) is 5.82 Å². The molecule has 6 heterocycles. The Balaban J connectivity index is 1.50. The van der Waals surface area contributed by atoms with Crippen LogP contribution < -0.4 is 4.52 Å². The Morgan fingerprint density at radius 1 is 0.591 bits per heavy atom. The summed E-state index contributed by atoms with van der Waals surface area (Å²) < 4.78 is 48.2. The predicted octanol–water partition coefficient (Wildman–Crippen LogP) is 6.84. The van der Waals surface area contributed by atoms with Gasteiger partial charge in [0.2, 0.25) is 7.51 Å². The first-order valence-corrected chi connectivity index (χ1v) is 22.6. The van der Waals surface area contributed by atoms with Crippen LogP contribution in [-0.2, 0) is 6.54 Å². The third kappa shape index (κ3) is 6.15. The molecule has 0 saturated carbocycles. The highest BCUT2D eigenvalue weighted by Crippen LogP contribution is 2.76. The van der Waals surface area contributed by atoms with E-state index in [2.05, 4.69) is 39.6 Å². The molecule has 246 valence electrons. The van der Waals surface area contributed by atoms with E-state index >= 15 is 0 Å². The zero-order chi connectivity index (χ0) is 30.0. The zero-order valence-electron chi connectivity index (χ0n) is 27.1. The lowest BCUT2D eigenvalue weighted by Crippen LogP contribution is -2.73. The van der Waals surface area contributed by atoms with Gasteiger partial charge in [0.1, 0.15) is 5.82 Å². The molecule has 1 aromatic rings. The molecule has 5 saturated heterocycles. The van der Waals surface area contributed by atoms with Crippen LogP contribution in [0.1, 0.15) is 89.0 Å². The van der Waals surface area contributed by atoms with Crippen molar-refractivity contribution >= 4 is 22.5 Å². The van der Waals surface area contributed by atoms with Gasteiger partial charge in [0.05, 0.1) is 0 Å². The maximum Gasteiger partial charge on any atom is 0.361 e. The van der Waals surface area contributed by atoms with E-state index in [9.17, 15) is 4.39 Å². The monoisotopic (exact) mass is 666 g/mol. The summed E-state index contributed by atoms with van der Waals surface area (Å²) in [6, 6.07) is 7.24. The van der Waals surface area contributed by atoms with Crippen LogP contribution in [0.15, 0.2) is 33.3 Å². The molecule has 6 aliphatic rings. The van der Waals surface area contributed by atoms with Crippen LogP contribution in [0, 0.1) is 5.82 Å².